The van der Waals surface area contributed by atoms with Crippen molar-refractivity contribution < 1.29 is 9.90 Å². The van der Waals surface area contributed by atoms with Crippen molar-refractivity contribution in [3.8, 4) is 17.3 Å². The summed E-state index contributed by atoms with van der Waals surface area (Å²) in [7, 11) is 0. The first-order chi connectivity index (χ1) is 8.61. The van der Waals surface area contributed by atoms with Gasteiger partial charge in [0.15, 0.2) is 0 Å². The third kappa shape index (κ3) is 2.31. The Kier molecular flexibility index (Phi) is 3.26. The summed E-state index contributed by atoms with van der Waals surface area (Å²) in [6, 6.07) is 8.64. The lowest BCUT2D eigenvalue weighted by Crippen LogP contribution is -2.19. The third-order valence-electron chi connectivity index (χ3n) is 2.39. The Morgan fingerprint density at radius 3 is 2.61 bits per heavy atom. The van der Waals surface area contributed by atoms with E-state index in [2.05, 4.69) is 0 Å². The van der Waals surface area contributed by atoms with Gasteiger partial charge in [0.25, 0.3) is 0 Å². The van der Waals surface area contributed by atoms with Crippen LogP contribution in [-0.4, -0.2) is 15.6 Å². The van der Waals surface area contributed by atoms with Crippen molar-refractivity contribution in [1.29, 1.82) is 5.26 Å². The average Bonchev–Trinajstić information content (AvgIpc) is 2.71. The highest BCUT2D eigenvalue weighted by Crippen LogP contribution is 2.20. The van der Waals surface area contributed by atoms with E-state index in [-0.39, 0.29) is 11.4 Å². The van der Waals surface area contributed by atoms with Gasteiger partial charge in [0.1, 0.15) is 6.54 Å². The number of aliphatic carboxylic acids is 1. The standard InChI is InChI=1S/C12H8N2O3S/c13-5-8-1-3-9(4-2-8)10-7-18-12(17)14(10)6-11(15)16/h1-4,7H,6H2,(H,15,16). The van der Waals surface area contributed by atoms with E-state index in [1.165, 1.54) is 4.57 Å². The highest BCUT2D eigenvalue weighted by atomic mass is 32.1. The molecule has 1 N–H and O–H groups in total. The fraction of sp³-hybridized carbons (Fsp3) is 0.0833. The summed E-state index contributed by atoms with van der Waals surface area (Å²) in [6.07, 6.45) is 0. The minimum Gasteiger partial charge on any atom is -0.480 e. The van der Waals surface area contributed by atoms with Gasteiger partial charge in [-0.25, -0.2) is 0 Å². The molecule has 90 valence electrons. The van der Waals surface area contributed by atoms with Crippen molar-refractivity contribution in [2.75, 3.05) is 0 Å². The SMILES string of the molecule is N#Cc1ccc(-c2csc(=O)n2CC(=O)O)cc1. The maximum atomic E-state index is 11.5. The molecule has 0 bridgehead atoms. The maximum Gasteiger partial charge on any atom is 0.323 e. The number of aromatic nitrogens is 1. The van der Waals surface area contributed by atoms with Crippen LogP contribution in [0, 0.1) is 11.3 Å². The normalized spacial score (nSPS) is 9.94. The van der Waals surface area contributed by atoms with Gasteiger partial charge in [-0.1, -0.05) is 23.5 Å². The van der Waals surface area contributed by atoms with E-state index < -0.39 is 5.97 Å². The number of carboxylic acid groups (broad SMARTS) is 1. The van der Waals surface area contributed by atoms with Crippen molar-refractivity contribution in [2.24, 2.45) is 0 Å². The lowest BCUT2D eigenvalue weighted by molar-refractivity contribution is -0.137. The summed E-state index contributed by atoms with van der Waals surface area (Å²) < 4.78 is 1.20. The largest absolute Gasteiger partial charge is 0.480 e. The highest BCUT2D eigenvalue weighted by Gasteiger charge is 2.11. The zero-order valence-electron chi connectivity index (χ0n) is 9.16. The Hall–Kier alpha value is -2.39. The molecular formula is C12H8N2O3S. The number of thiazole rings is 1. The van der Waals surface area contributed by atoms with Gasteiger partial charge in [-0.05, 0) is 17.7 Å². The molecule has 0 fully saturated rings. The monoisotopic (exact) mass is 260 g/mol. The number of nitrogens with zero attached hydrogens (tertiary/aromatic N) is 2. The Morgan fingerprint density at radius 2 is 2.06 bits per heavy atom. The molecule has 0 unspecified atom stereocenters. The fourth-order valence-corrected chi connectivity index (χ4v) is 2.32. The Labute approximate surface area is 106 Å². The van der Waals surface area contributed by atoms with E-state index in [4.69, 9.17) is 10.4 Å². The maximum absolute atomic E-state index is 11.5. The number of benzene rings is 1. The van der Waals surface area contributed by atoms with Gasteiger partial charge in [0.05, 0.1) is 17.3 Å². The molecule has 6 heteroatoms. The van der Waals surface area contributed by atoms with E-state index in [1.807, 2.05) is 6.07 Å². The first-order valence-corrected chi connectivity index (χ1v) is 5.90. The van der Waals surface area contributed by atoms with Gasteiger partial charge in [0.2, 0.25) is 0 Å². The molecule has 1 aromatic heterocycles. The molecule has 1 heterocycles. The molecule has 0 amide bonds. The van der Waals surface area contributed by atoms with Crippen LogP contribution in [0.15, 0.2) is 34.4 Å². The topological polar surface area (TPSA) is 83.1 Å². The molecule has 0 atom stereocenters. The molecule has 1 aromatic carbocycles. The van der Waals surface area contributed by atoms with Crippen molar-refractivity contribution >= 4 is 17.3 Å². The zero-order valence-corrected chi connectivity index (χ0v) is 9.98. The van der Waals surface area contributed by atoms with Crippen LogP contribution in [0.2, 0.25) is 0 Å². The first-order valence-electron chi connectivity index (χ1n) is 5.02. The predicted molar refractivity (Wildman–Crippen MR) is 66.4 cm³/mol. The second kappa shape index (κ2) is 4.85. The van der Waals surface area contributed by atoms with Gasteiger partial charge in [-0.15, -0.1) is 0 Å². The van der Waals surface area contributed by atoms with Crippen LogP contribution in [-0.2, 0) is 11.3 Å². The molecule has 0 saturated carbocycles. The molecule has 0 saturated heterocycles. The van der Waals surface area contributed by atoms with Crippen LogP contribution in [0.5, 0.6) is 0 Å². The van der Waals surface area contributed by atoms with Gasteiger partial charge in [-0.2, -0.15) is 5.26 Å². The number of hydrogen-bond donors (Lipinski definition) is 1. The smallest absolute Gasteiger partial charge is 0.323 e. The second-order valence-electron chi connectivity index (χ2n) is 3.56. The van der Waals surface area contributed by atoms with E-state index in [9.17, 15) is 9.59 Å². The number of hydrogen-bond acceptors (Lipinski definition) is 4. The summed E-state index contributed by atoms with van der Waals surface area (Å²) >= 11 is 0.957. The van der Waals surface area contributed by atoms with Gasteiger partial charge >= 0.3 is 10.8 Å². The van der Waals surface area contributed by atoms with Crippen LogP contribution in [0.4, 0.5) is 0 Å². The summed E-state index contributed by atoms with van der Waals surface area (Å²) in [4.78, 5) is 21.9. The molecule has 18 heavy (non-hydrogen) atoms. The van der Waals surface area contributed by atoms with E-state index in [1.54, 1.807) is 29.6 Å². The molecular weight excluding hydrogens is 252 g/mol. The van der Waals surface area contributed by atoms with Crippen molar-refractivity contribution in [3.05, 3.63) is 44.9 Å². The van der Waals surface area contributed by atoms with Gasteiger partial charge < -0.3 is 5.11 Å². The lowest BCUT2D eigenvalue weighted by Gasteiger charge is -2.04. The molecule has 5 nitrogen and oxygen atoms in total. The molecule has 0 radical (unpaired) electrons. The summed E-state index contributed by atoms with van der Waals surface area (Å²) in [5.74, 6) is -1.06. The molecule has 2 rings (SSSR count). The number of carbonyl (C=O) groups is 1. The quantitative estimate of drug-likeness (QED) is 0.907. The zero-order chi connectivity index (χ0) is 13.1. The van der Waals surface area contributed by atoms with Gasteiger partial charge in [0, 0.05) is 5.38 Å². The number of carboxylic acids is 1. The molecule has 0 aliphatic heterocycles. The number of rotatable bonds is 3. The lowest BCUT2D eigenvalue weighted by atomic mass is 10.1. The summed E-state index contributed by atoms with van der Waals surface area (Å²) in [5.41, 5.74) is 1.78. The van der Waals surface area contributed by atoms with Crippen molar-refractivity contribution in [3.63, 3.8) is 0 Å². The summed E-state index contributed by atoms with van der Waals surface area (Å²) in [6.45, 7) is -0.363. The third-order valence-corrected chi connectivity index (χ3v) is 3.15. The number of nitriles is 1. The first kappa shape index (κ1) is 12.1. The Morgan fingerprint density at radius 1 is 1.39 bits per heavy atom. The van der Waals surface area contributed by atoms with Crippen LogP contribution >= 0.6 is 11.3 Å². The van der Waals surface area contributed by atoms with Gasteiger partial charge in [-0.3, -0.25) is 14.2 Å². The molecule has 0 spiro atoms. The minimum absolute atomic E-state index is 0.309. The van der Waals surface area contributed by atoms with Crippen LogP contribution in [0.3, 0.4) is 0 Å². The van der Waals surface area contributed by atoms with Crippen LogP contribution < -0.4 is 4.87 Å². The second-order valence-corrected chi connectivity index (χ2v) is 4.38. The van der Waals surface area contributed by atoms with Crippen molar-refractivity contribution in [1.82, 2.24) is 4.57 Å². The van der Waals surface area contributed by atoms with E-state index >= 15 is 0 Å². The van der Waals surface area contributed by atoms with Crippen molar-refractivity contribution in [2.45, 2.75) is 6.54 Å². The fourth-order valence-electron chi connectivity index (χ4n) is 1.56. The van der Waals surface area contributed by atoms with E-state index in [0.717, 1.165) is 11.3 Å². The average molecular weight is 260 g/mol. The molecule has 0 aliphatic rings. The molecule has 0 aliphatic carbocycles. The Balaban J connectivity index is 2.47. The predicted octanol–water partition coefficient (Wildman–Crippen LogP) is 1.53. The molecule has 2 aromatic rings. The Bertz CT molecular complexity index is 677. The minimum atomic E-state index is -1.06. The summed E-state index contributed by atoms with van der Waals surface area (Å²) in [5, 5.41) is 19.1. The van der Waals surface area contributed by atoms with E-state index in [0.29, 0.717) is 16.8 Å². The highest BCUT2D eigenvalue weighted by molar-refractivity contribution is 7.07. The van der Waals surface area contributed by atoms with Crippen LogP contribution in [0.1, 0.15) is 5.56 Å². The van der Waals surface area contributed by atoms with Crippen LogP contribution in [0.25, 0.3) is 11.3 Å².